The van der Waals surface area contributed by atoms with Crippen LogP contribution in [0.25, 0.3) is 0 Å². The highest BCUT2D eigenvalue weighted by atomic mass is 16.2. The molecule has 18 heavy (non-hydrogen) atoms. The number of nitrogens with two attached hydrogens (primary N) is 1. The van der Waals surface area contributed by atoms with Crippen LogP contribution in [-0.4, -0.2) is 13.0 Å². The summed E-state index contributed by atoms with van der Waals surface area (Å²) in [5.74, 6) is 1.91. The molecule has 3 rings (SSSR count). The average Bonchev–Trinajstić information content (AvgIpc) is 2.89. The first-order valence-corrected chi connectivity index (χ1v) is 6.79. The Kier molecular flexibility index (Phi) is 2.86. The molecule has 1 aromatic carbocycles. The summed E-state index contributed by atoms with van der Waals surface area (Å²) in [6, 6.07) is 7.91. The molecule has 0 spiro atoms. The maximum absolute atomic E-state index is 12.5. The number of hydrogen-bond acceptors (Lipinski definition) is 2. The highest BCUT2D eigenvalue weighted by Gasteiger charge is 2.57. The van der Waals surface area contributed by atoms with E-state index in [2.05, 4.69) is 0 Å². The Balaban J connectivity index is 1.78. The molecule has 1 amide bonds. The Labute approximate surface area is 108 Å². The molecule has 0 bridgehead atoms. The van der Waals surface area contributed by atoms with Crippen molar-refractivity contribution < 1.29 is 4.79 Å². The molecule has 0 radical (unpaired) electrons. The molecule has 2 aliphatic carbocycles. The van der Waals surface area contributed by atoms with Gasteiger partial charge in [-0.25, -0.2) is 0 Å². The van der Waals surface area contributed by atoms with Crippen LogP contribution in [-0.2, 0) is 11.3 Å². The van der Waals surface area contributed by atoms with Crippen LogP contribution in [0.4, 0.5) is 5.69 Å². The Morgan fingerprint density at radius 1 is 1.33 bits per heavy atom. The van der Waals surface area contributed by atoms with Gasteiger partial charge in [-0.3, -0.25) is 4.79 Å². The summed E-state index contributed by atoms with van der Waals surface area (Å²) >= 11 is 0. The largest absolute Gasteiger partial charge is 0.326 e. The molecular weight excluding hydrogens is 224 g/mol. The highest BCUT2D eigenvalue weighted by molar-refractivity contribution is 5.97. The van der Waals surface area contributed by atoms with Crippen molar-refractivity contribution in [1.82, 2.24) is 0 Å². The van der Waals surface area contributed by atoms with Gasteiger partial charge in [0.2, 0.25) is 5.91 Å². The number of anilines is 1. The van der Waals surface area contributed by atoms with E-state index < -0.39 is 0 Å². The van der Waals surface area contributed by atoms with Crippen LogP contribution >= 0.6 is 0 Å². The van der Waals surface area contributed by atoms with E-state index in [1.54, 1.807) is 0 Å². The quantitative estimate of drug-likeness (QED) is 0.885. The van der Waals surface area contributed by atoms with Gasteiger partial charge in [-0.1, -0.05) is 24.6 Å². The van der Waals surface area contributed by atoms with Crippen molar-refractivity contribution in [2.45, 2.75) is 25.8 Å². The minimum atomic E-state index is 0.283. The standard InChI is InChI=1S/C15H20N2O/c1-17(13-8-3-2-5-10(13)9-16)15(18)14-11-6-4-7-12(11)14/h2-3,5,8,11-12,14H,4,6-7,9,16H2,1H3. The number of rotatable bonds is 3. The van der Waals surface area contributed by atoms with Crippen LogP contribution in [0.1, 0.15) is 24.8 Å². The SMILES string of the molecule is CN(C(=O)C1C2CCCC21)c1ccccc1CN. The lowest BCUT2D eigenvalue weighted by Gasteiger charge is -2.21. The normalized spacial score (nSPS) is 28.9. The molecule has 2 N–H and O–H groups in total. The summed E-state index contributed by atoms with van der Waals surface area (Å²) in [4.78, 5) is 14.3. The lowest BCUT2D eigenvalue weighted by Crippen LogP contribution is -2.30. The Morgan fingerprint density at radius 2 is 2.00 bits per heavy atom. The molecule has 3 heteroatoms. The van der Waals surface area contributed by atoms with Crippen LogP contribution < -0.4 is 10.6 Å². The van der Waals surface area contributed by atoms with E-state index in [-0.39, 0.29) is 11.8 Å². The first-order valence-electron chi connectivity index (χ1n) is 6.79. The van der Waals surface area contributed by atoms with E-state index in [4.69, 9.17) is 5.73 Å². The van der Waals surface area contributed by atoms with Crippen molar-refractivity contribution >= 4 is 11.6 Å². The third kappa shape index (κ3) is 1.74. The minimum Gasteiger partial charge on any atom is -0.326 e. The first-order chi connectivity index (χ1) is 8.74. The summed E-state index contributed by atoms with van der Waals surface area (Å²) in [6.07, 6.45) is 3.79. The topological polar surface area (TPSA) is 46.3 Å². The highest BCUT2D eigenvalue weighted by Crippen LogP contribution is 2.58. The molecule has 0 aliphatic heterocycles. The van der Waals surface area contributed by atoms with Crippen molar-refractivity contribution in [2.24, 2.45) is 23.5 Å². The number of benzene rings is 1. The van der Waals surface area contributed by atoms with E-state index in [9.17, 15) is 4.79 Å². The monoisotopic (exact) mass is 244 g/mol. The van der Waals surface area contributed by atoms with E-state index in [0.717, 1.165) is 11.3 Å². The molecule has 0 aromatic heterocycles. The van der Waals surface area contributed by atoms with Crippen molar-refractivity contribution in [3.05, 3.63) is 29.8 Å². The van der Waals surface area contributed by atoms with E-state index >= 15 is 0 Å². The van der Waals surface area contributed by atoms with Gasteiger partial charge >= 0.3 is 0 Å². The molecular formula is C15H20N2O. The van der Waals surface area contributed by atoms with Crippen molar-refractivity contribution in [3.8, 4) is 0 Å². The van der Waals surface area contributed by atoms with Crippen LogP contribution in [0.2, 0.25) is 0 Å². The molecule has 0 saturated heterocycles. The van der Waals surface area contributed by atoms with Gasteiger partial charge in [-0.15, -0.1) is 0 Å². The predicted octanol–water partition coefficient (Wildman–Crippen LogP) is 2.15. The van der Waals surface area contributed by atoms with Gasteiger partial charge in [0.15, 0.2) is 0 Å². The first kappa shape index (κ1) is 11.7. The second-order valence-electron chi connectivity index (χ2n) is 5.51. The van der Waals surface area contributed by atoms with Gasteiger partial charge in [-0.2, -0.15) is 0 Å². The molecule has 96 valence electrons. The molecule has 1 aromatic rings. The Hall–Kier alpha value is -1.35. The fraction of sp³-hybridized carbons (Fsp3) is 0.533. The predicted molar refractivity (Wildman–Crippen MR) is 72.1 cm³/mol. The van der Waals surface area contributed by atoms with Crippen molar-refractivity contribution in [1.29, 1.82) is 0 Å². The fourth-order valence-electron chi connectivity index (χ4n) is 3.54. The zero-order valence-corrected chi connectivity index (χ0v) is 10.8. The third-order valence-corrected chi connectivity index (χ3v) is 4.60. The van der Waals surface area contributed by atoms with E-state index in [1.807, 2.05) is 36.2 Å². The summed E-state index contributed by atoms with van der Waals surface area (Å²) in [5.41, 5.74) is 7.74. The number of carbonyl (C=O) groups is 1. The van der Waals surface area contributed by atoms with Gasteiger partial charge in [0.1, 0.15) is 0 Å². The molecule has 2 fully saturated rings. The summed E-state index contributed by atoms with van der Waals surface area (Å²) in [7, 11) is 1.88. The summed E-state index contributed by atoms with van der Waals surface area (Å²) in [5, 5.41) is 0. The number of nitrogens with zero attached hydrogens (tertiary/aromatic N) is 1. The second kappa shape index (κ2) is 4.39. The Morgan fingerprint density at radius 3 is 2.67 bits per heavy atom. The van der Waals surface area contributed by atoms with Gasteiger partial charge in [0.05, 0.1) is 0 Å². The average molecular weight is 244 g/mol. The number of amides is 1. The van der Waals surface area contributed by atoms with E-state index in [0.29, 0.717) is 18.4 Å². The number of para-hydroxylation sites is 1. The lowest BCUT2D eigenvalue weighted by atomic mass is 10.1. The smallest absolute Gasteiger partial charge is 0.230 e. The van der Waals surface area contributed by atoms with E-state index in [1.165, 1.54) is 19.3 Å². The lowest BCUT2D eigenvalue weighted by molar-refractivity contribution is -0.120. The maximum atomic E-state index is 12.5. The Bertz CT molecular complexity index is 461. The molecule has 2 unspecified atom stereocenters. The van der Waals surface area contributed by atoms with Crippen LogP contribution in [0.15, 0.2) is 24.3 Å². The maximum Gasteiger partial charge on any atom is 0.230 e. The zero-order chi connectivity index (χ0) is 12.7. The van der Waals surface area contributed by atoms with Gasteiger partial charge in [-0.05, 0) is 36.3 Å². The zero-order valence-electron chi connectivity index (χ0n) is 10.8. The third-order valence-electron chi connectivity index (χ3n) is 4.60. The molecule has 0 heterocycles. The summed E-state index contributed by atoms with van der Waals surface area (Å²) in [6.45, 7) is 0.477. The van der Waals surface area contributed by atoms with Gasteiger partial charge < -0.3 is 10.6 Å². The molecule has 2 aliphatic rings. The number of carbonyl (C=O) groups excluding carboxylic acids is 1. The van der Waals surface area contributed by atoms with Crippen LogP contribution in [0.5, 0.6) is 0 Å². The van der Waals surface area contributed by atoms with Gasteiger partial charge in [0, 0.05) is 25.2 Å². The summed E-state index contributed by atoms with van der Waals surface area (Å²) < 4.78 is 0. The fourth-order valence-corrected chi connectivity index (χ4v) is 3.54. The van der Waals surface area contributed by atoms with Crippen LogP contribution in [0, 0.1) is 17.8 Å². The van der Waals surface area contributed by atoms with Gasteiger partial charge in [0.25, 0.3) is 0 Å². The second-order valence-corrected chi connectivity index (χ2v) is 5.51. The van der Waals surface area contributed by atoms with Crippen molar-refractivity contribution in [3.63, 3.8) is 0 Å². The molecule has 2 atom stereocenters. The molecule has 2 saturated carbocycles. The molecule has 3 nitrogen and oxygen atoms in total. The number of fused-ring (bicyclic) bond motifs is 1. The minimum absolute atomic E-state index is 0.283. The van der Waals surface area contributed by atoms with Crippen molar-refractivity contribution in [2.75, 3.05) is 11.9 Å². The van der Waals surface area contributed by atoms with Crippen LogP contribution in [0.3, 0.4) is 0 Å². The number of hydrogen-bond donors (Lipinski definition) is 1.